The molecule has 0 bridgehead atoms. The predicted octanol–water partition coefficient (Wildman–Crippen LogP) is 12.3. The van der Waals surface area contributed by atoms with E-state index in [0.29, 0.717) is 12.8 Å². The minimum atomic E-state index is -1.13. The van der Waals surface area contributed by atoms with Gasteiger partial charge in [-0.25, -0.2) is 0 Å². The van der Waals surface area contributed by atoms with Crippen LogP contribution in [0, 0.1) is 0 Å². The minimum Gasteiger partial charge on any atom is -0.544 e. The maximum absolute atomic E-state index is 12.7. The van der Waals surface area contributed by atoms with Gasteiger partial charge < -0.3 is 28.6 Å². The van der Waals surface area contributed by atoms with Crippen LogP contribution in [-0.2, 0) is 28.6 Å². The second-order valence-electron chi connectivity index (χ2n) is 17.7. The highest BCUT2D eigenvalue weighted by atomic mass is 16.6. The molecule has 0 N–H and O–H groups in total. The molecule has 8 heteroatoms. The first kappa shape index (κ1) is 55.8. The standard InChI is InChI=1S/C50H93NO7/c1-6-8-10-12-14-16-18-19-20-21-22-23-24-25-26-27-28-29-31-33-35-37-39-41-49(53)58-46(44-56-43-42-47(50(54)55)51(3,4)5)45-57-48(52)40-38-36-34-32-30-17-15-13-11-9-7-2/h13,15,25-26,46-47H,6-12,14,16-24,27-45H2,1-5H3/b15-13+,26-25+. The Kier molecular flexibility index (Phi) is 40.0. The van der Waals surface area contributed by atoms with E-state index in [1.165, 1.54) is 141 Å². The van der Waals surface area contributed by atoms with Crippen LogP contribution in [0.2, 0.25) is 0 Å². The molecule has 2 atom stereocenters. The summed E-state index contributed by atoms with van der Waals surface area (Å²) in [7, 11) is 5.41. The maximum Gasteiger partial charge on any atom is 0.306 e. The van der Waals surface area contributed by atoms with Gasteiger partial charge in [0.05, 0.1) is 40.3 Å². The fourth-order valence-corrected chi connectivity index (χ4v) is 7.22. The topological polar surface area (TPSA) is 102 Å². The number of quaternary nitrogens is 1. The number of unbranched alkanes of at least 4 members (excludes halogenated alkanes) is 26. The van der Waals surface area contributed by atoms with Crippen molar-refractivity contribution in [2.24, 2.45) is 0 Å². The smallest absolute Gasteiger partial charge is 0.306 e. The summed E-state index contributed by atoms with van der Waals surface area (Å²) in [5, 5.41) is 11.6. The molecule has 0 amide bonds. The number of hydrogen-bond donors (Lipinski definition) is 0. The third-order valence-corrected chi connectivity index (χ3v) is 11.1. The van der Waals surface area contributed by atoms with Crippen LogP contribution in [0.4, 0.5) is 0 Å². The largest absolute Gasteiger partial charge is 0.544 e. The van der Waals surface area contributed by atoms with Gasteiger partial charge in [0.2, 0.25) is 0 Å². The molecule has 0 aliphatic carbocycles. The molecule has 58 heavy (non-hydrogen) atoms. The fourth-order valence-electron chi connectivity index (χ4n) is 7.22. The quantitative estimate of drug-likeness (QED) is 0.0261. The first-order chi connectivity index (χ1) is 28.1. The number of esters is 2. The normalized spacial score (nSPS) is 13.1. The first-order valence-electron chi connectivity index (χ1n) is 24.4. The third kappa shape index (κ3) is 39.3. The molecule has 2 unspecified atom stereocenters. The molecule has 0 spiro atoms. The lowest BCUT2D eigenvalue weighted by Crippen LogP contribution is -2.55. The summed E-state index contributed by atoms with van der Waals surface area (Å²) >= 11 is 0. The van der Waals surface area contributed by atoms with E-state index >= 15 is 0 Å². The summed E-state index contributed by atoms with van der Waals surface area (Å²) in [6.45, 7) is 4.63. The minimum absolute atomic E-state index is 0.0391. The summed E-state index contributed by atoms with van der Waals surface area (Å²) in [5.41, 5.74) is 0. The van der Waals surface area contributed by atoms with Gasteiger partial charge in [0, 0.05) is 19.3 Å². The number of carboxylic acid groups (broad SMARTS) is 1. The number of ether oxygens (including phenoxy) is 3. The third-order valence-electron chi connectivity index (χ3n) is 11.1. The van der Waals surface area contributed by atoms with E-state index in [4.69, 9.17) is 14.2 Å². The highest BCUT2D eigenvalue weighted by molar-refractivity contribution is 5.70. The van der Waals surface area contributed by atoms with Crippen molar-refractivity contribution in [1.82, 2.24) is 0 Å². The van der Waals surface area contributed by atoms with Gasteiger partial charge in [-0.15, -0.1) is 0 Å². The molecule has 0 aliphatic heterocycles. The van der Waals surface area contributed by atoms with Crippen LogP contribution in [-0.4, -0.2) is 75.5 Å². The molecule has 0 radical (unpaired) electrons. The predicted molar refractivity (Wildman–Crippen MR) is 240 cm³/mol. The second-order valence-corrected chi connectivity index (χ2v) is 17.7. The summed E-state index contributed by atoms with van der Waals surface area (Å²) in [5.74, 6) is -1.74. The summed E-state index contributed by atoms with van der Waals surface area (Å²) in [6.07, 6.45) is 46.4. The van der Waals surface area contributed by atoms with Gasteiger partial charge in [0.25, 0.3) is 0 Å². The molecule has 0 fully saturated rings. The van der Waals surface area contributed by atoms with Crippen LogP contribution >= 0.6 is 0 Å². The molecular formula is C50H93NO7. The molecule has 0 saturated heterocycles. The number of carboxylic acids is 1. The number of carbonyl (C=O) groups is 3. The van der Waals surface area contributed by atoms with E-state index in [2.05, 4.69) is 38.2 Å². The van der Waals surface area contributed by atoms with Crippen molar-refractivity contribution in [3.05, 3.63) is 24.3 Å². The number of nitrogens with zero attached hydrogens (tertiary/aromatic N) is 1. The lowest BCUT2D eigenvalue weighted by atomic mass is 10.0. The maximum atomic E-state index is 12.7. The zero-order chi connectivity index (χ0) is 42.8. The van der Waals surface area contributed by atoms with E-state index in [-0.39, 0.29) is 42.7 Å². The Balaban J connectivity index is 4.19. The molecular weight excluding hydrogens is 727 g/mol. The summed E-state index contributed by atoms with van der Waals surface area (Å²) < 4.78 is 17.2. The van der Waals surface area contributed by atoms with Crippen molar-refractivity contribution in [2.75, 3.05) is 41.0 Å². The van der Waals surface area contributed by atoms with E-state index in [1.54, 1.807) is 21.1 Å². The molecule has 8 nitrogen and oxygen atoms in total. The zero-order valence-electron chi connectivity index (χ0n) is 38.7. The van der Waals surface area contributed by atoms with Gasteiger partial charge in [0.15, 0.2) is 6.10 Å². The average molecular weight is 820 g/mol. The molecule has 0 aromatic rings. The van der Waals surface area contributed by atoms with Crippen LogP contribution in [0.25, 0.3) is 0 Å². The lowest BCUT2D eigenvalue weighted by Gasteiger charge is -2.34. The van der Waals surface area contributed by atoms with E-state index < -0.39 is 18.1 Å². The first-order valence-corrected chi connectivity index (χ1v) is 24.4. The highest BCUT2D eigenvalue weighted by Gasteiger charge is 2.25. The fraction of sp³-hybridized carbons (Fsp3) is 0.860. The van der Waals surface area contributed by atoms with Crippen molar-refractivity contribution >= 4 is 17.9 Å². The number of carbonyl (C=O) groups excluding carboxylic acids is 3. The van der Waals surface area contributed by atoms with Gasteiger partial charge in [-0.3, -0.25) is 9.59 Å². The van der Waals surface area contributed by atoms with Gasteiger partial charge in [0.1, 0.15) is 12.6 Å². The van der Waals surface area contributed by atoms with Gasteiger partial charge in [-0.1, -0.05) is 173 Å². The van der Waals surface area contributed by atoms with E-state index in [1.807, 2.05) is 0 Å². The van der Waals surface area contributed by atoms with Crippen molar-refractivity contribution in [1.29, 1.82) is 0 Å². The Morgan fingerprint density at radius 3 is 1.29 bits per heavy atom. The van der Waals surface area contributed by atoms with Crippen molar-refractivity contribution in [2.45, 2.75) is 238 Å². The van der Waals surface area contributed by atoms with Crippen molar-refractivity contribution in [3.63, 3.8) is 0 Å². The highest BCUT2D eigenvalue weighted by Crippen LogP contribution is 2.15. The Morgan fingerprint density at radius 2 is 0.879 bits per heavy atom. The van der Waals surface area contributed by atoms with E-state index in [9.17, 15) is 19.5 Å². The van der Waals surface area contributed by atoms with Crippen LogP contribution in [0.15, 0.2) is 24.3 Å². The van der Waals surface area contributed by atoms with Crippen LogP contribution in [0.3, 0.4) is 0 Å². The second kappa shape index (κ2) is 41.5. The van der Waals surface area contributed by atoms with Crippen molar-refractivity contribution < 1.29 is 38.2 Å². The van der Waals surface area contributed by atoms with Crippen molar-refractivity contribution in [3.8, 4) is 0 Å². The number of likely N-dealkylation sites (N-methyl/N-ethyl adjacent to an activating group) is 1. The number of rotatable bonds is 44. The Hall–Kier alpha value is -2.19. The molecule has 0 aliphatic rings. The molecule has 0 rings (SSSR count). The Bertz CT molecular complexity index is 1000. The van der Waals surface area contributed by atoms with Crippen LogP contribution in [0.5, 0.6) is 0 Å². The summed E-state index contributed by atoms with van der Waals surface area (Å²) in [4.78, 5) is 36.9. The average Bonchev–Trinajstić information content (AvgIpc) is 3.18. The molecule has 0 aromatic carbocycles. The monoisotopic (exact) mass is 820 g/mol. The van der Waals surface area contributed by atoms with Gasteiger partial charge in [-0.2, -0.15) is 0 Å². The Labute approximate surface area is 358 Å². The van der Waals surface area contributed by atoms with Gasteiger partial charge >= 0.3 is 11.9 Å². The van der Waals surface area contributed by atoms with E-state index in [0.717, 1.165) is 51.4 Å². The molecule has 340 valence electrons. The zero-order valence-corrected chi connectivity index (χ0v) is 38.7. The number of allylic oxidation sites excluding steroid dienone is 4. The molecule has 0 saturated carbocycles. The van der Waals surface area contributed by atoms with Crippen LogP contribution in [0.1, 0.15) is 226 Å². The molecule has 0 heterocycles. The SMILES string of the molecule is CCCC/C=C/CCCCCCCC(=O)OCC(COCCC(C(=O)[O-])[N+](C)(C)C)OC(=O)CCCCCCCCC/C=C/CCCCCCCCCCCCCC. The number of hydrogen-bond acceptors (Lipinski definition) is 7. The molecule has 0 aromatic heterocycles. The Morgan fingerprint density at radius 1 is 0.500 bits per heavy atom. The summed E-state index contributed by atoms with van der Waals surface area (Å²) in [6, 6.07) is -0.725. The number of aliphatic carboxylic acids is 1. The van der Waals surface area contributed by atoms with Crippen LogP contribution < -0.4 is 5.11 Å². The lowest BCUT2D eigenvalue weighted by molar-refractivity contribution is -0.889. The van der Waals surface area contributed by atoms with Gasteiger partial charge in [-0.05, 0) is 57.8 Å².